The van der Waals surface area contributed by atoms with Crippen LogP contribution in [0.5, 0.6) is 0 Å². The molecule has 1 saturated heterocycles. The first-order valence-electron chi connectivity index (χ1n) is 11.4. The number of ketones is 1. The van der Waals surface area contributed by atoms with E-state index in [1.807, 2.05) is 12.1 Å². The lowest BCUT2D eigenvalue weighted by molar-refractivity contribution is 0.0975. The number of nitrogens with zero attached hydrogens (tertiary/aromatic N) is 3. The van der Waals surface area contributed by atoms with Crippen molar-refractivity contribution in [1.29, 1.82) is 0 Å². The van der Waals surface area contributed by atoms with Gasteiger partial charge in [-0.25, -0.2) is 0 Å². The van der Waals surface area contributed by atoms with Crippen LogP contribution in [0.1, 0.15) is 35.2 Å². The fourth-order valence-corrected chi connectivity index (χ4v) is 4.56. The molecule has 8 heteroatoms. The molecule has 6 nitrogen and oxygen atoms in total. The molecule has 0 aliphatic carbocycles. The maximum absolute atomic E-state index is 13.0. The summed E-state index contributed by atoms with van der Waals surface area (Å²) in [5.41, 5.74) is 1.97. The Morgan fingerprint density at radius 3 is 2.52 bits per heavy atom. The number of nitrogens with one attached hydrogen (secondary N) is 1. The fraction of sp³-hybridized carbons (Fsp3) is 0.400. The number of benzene rings is 2. The van der Waals surface area contributed by atoms with E-state index < -0.39 is 0 Å². The number of aromatic nitrogens is 2. The van der Waals surface area contributed by atoms with Gasteiger partial charge in [-0.2, -0.15) is 0 Å². The molecule has 4 rings (SSSR count). The Balaban J connectivity index is 1.41. The van der Waals surface area contributed by atoms with Crippen LogP contribution in [0.3, 0.4) is 0 Å². The van der Waals surface area contributed by atoms with Gasteiger partial charge in [-0.05, 0) is 68.5 Å². The van der Waals surface area contributed by atoms with E-state index in [4.69, 9.17) is 23.8 Å². The predicted molar refractivity (Wildman–Crippen MR) is 136 cm³/mol. The molecule has 1 N–H and O–H groups in total. The summed E-state index contributed by atoms with van der Waals surface area (Å²) in [6.45, 7) is 5.82. The second-order valence-corrected chi connectivity index (χ2v) is 9.56. The number of carbonyl (C=O) groups is 1. The first-order valence-corrected chi connectivity index (χ1v) is 12.1. The highest BCUT2D eigenvalue weighted by Crippen LogP contribution is 2.15. The van der Waals surface area contributed by atoms with Crippen molar-refractivity contribution >= 4 is 40.5 Å². The number of piperazine rings is 1. The van der Waals surface area contributed by atoms with Gasteiger partial charge >= 0.3 is 0 Å². The number of halogens is 1. The maximum atomic E-state index is 13.0. The van der Waals surface area contributed by atoms with Gasteiger partial charge in [0.1, 0.15) is 0 Å². The molecule has 2 heterocycles. The second kappa shape index (κ2) is 10.7. The quantitative estimate of drug-likeness (QED) is 0.292. The van der Waals surface area contributed by atoms with Gasteiger partial charge in [0.05, 0.1) is 17.4 Å². The molecule has 1 aliphatic rings. The smallest absolute Gasteiger partial charge is 0.262 e. The maximum Gasteiger partial charge on any atom is 0.262 e. The standard InChI is InChI=1S/C25H29ClN4O2S/c1-28-12-14-29(15-13-28)11-3-2-4-23(31)19-7-10-21-22(16-19)27-25(33)30(24(21)32)17-18-5-8-20(26)9-6-18/h5-10,16H,2-4,11-15,17H2,1H3,(H,27,33). The topological polar surface area (TPSA) is 61.3 Å². The van der Waals surface area contributed by atoms with Crippen molar-refractivity contribution in [2.24, 2.45) is 0 Å². The summed E-state index contributed by atoms with van der Waals surface area (Å²) < 4.78 is 1.86. The van der Waals surface area contributed by atoms with Crippen molar-refractivity contribution in [3.05, 3.63) is 73.7 Å². The Morgan fingerprint density at radius 1 is 1.06 bits per heavy atom. The number of carbonyl (C=O) groups excluding carboxylic acids is 1. The zero-order chi connectivity index (χ0) is 23.4. The number of hydrogen-bond donors (Lipinski definition) is 1. The SMILES string of the molecule is CN1CCN(CCCCC(=O)c2ccc3c(=O)n(Cc4ccc(Cl)cc4)c(=S)[nH]c3c2)CC1. The summed E-state index contributed by atoms with van der Waals surface area (Å²) in [6.07, 6.45) is 2.39. The Morgan fingerprint density at radius 2 is 1.79 bits per heavy atom. The Kier molecular flexibility index (Phi) is 7.75. The van der Waals surface area contributed by atoms with Crippen LogP contribution in [0.25, 0.3) is 10.9 Å². The van der Waals surface area contributed by atoms with Gasteiger partial charge < -0.3 is 14.8 Å². The number of Topliss-reactive ketones (excluding diaryl/α,β-unsaturated/α-hetero) is 1. The largest absolute Gasteiger partial charge is 0.332 e. The highest BCUT2D eigenvalue weighted by Gasteiger charge is 2.14. The zero-order valence-electron chi connectivity index (χ0n) is 18.8. The van der Waals surface area contributed by atoms with Crippen molar-refractivity contribution in [1.82, 2.24) is 19.4 Å². The molecule has 2 aromatic carbocycles. The molecule has 0 atom stereocenters. The lowest BCUT2D eigenvalue weighted by atomic mass is 10.0. The average molecular weight is 485 g/mol. The third-order valence-electron chi connectivity index (χ3n) is 6.28. The minimum atomic E-state index is -0.171. The van der Waals surface area contributed by atoms with E-state index in [1.165, 1.54) is 4.57 Å². The van der Waals surface area contributed by atoms with Crippen LogP contribution in [0, 0.1) is 4.77 Å². The summed E-state index contributed by atoms with van der Waals surface area (Å²) in [6, 6.07) is 12.5. The number of hydrogen-bond acceptors (Lipinski definition) is 5. The number of rotatable bonds is 8. The van der Waals surface area contributed by atoms with E-state index in [0.29, 0.717) is 39.2 Å². The molecule has 1 aromatic heterocycles. The van der Waals surface area contributed by atoms with Gasteiger partial charge in [-0.1, -0.05) is 29.8 Å². The first kappa shape index (κ1) is 23.8. The monoisotopic (exact) mass is 484 g/mol. The van der Waals surface area contributed by atoms with Gasteiger partial charge in [0, 0.05) is 43.2 Å². The average Bonchev–Trinajstić information content (AvgIpc) is 2.81. The minimum absolute atomic E-state index is 0.0972. The number of likely N-dealkylation sites (N-methyl/N-ethyl adjacent to an activating group) is 1. The Bertz CT molecular complexity index is 1240. The summed E-state index contributed by atoms with van der Waals surface area (Å²) in [4.78, 5) is 33.7. The lowest BCUT2D eigenvalue weighted by Gasteiger charge is -2.32. The minimum Gasteiger partial charge on any atom is -0.332 e. The van der Waals surface area contributed by atoms with Crippen LogP contribution in [0.2, 0.25) is 5.02 Å². The van der Waals surface area contributed by atoms with Gasteiger partial charge in [0.25, 0.3) is 5.56 Å². The second-order valence-electron chi connectivity index (χ2n) is 8.73. The van der Waals surface area contributed by atoms with Crippen molar-refractivity contribution in [2.75, 3.05) is 39.8 Å². The molecule has 1 aliphatic heterocycles. The molecule has 0 spiro atoms. The zero-order valence-corrected chi connectivity index (χ0v) is 20.4. The molecule has 0 amide bonds. The summed E-state index contributed by atoms with van der Waals surface area (Å²) in [5.74, 6) is 0.0972. The normalized spacial score (nSPS) is 15.2. The van der Waals surface area contributed by atoms with Gasteiger partial charge in [0.15, 0.2) is 10.6 Å². The van der Waals surface area contributed by atoms with Crippen molar-refractivity contribution in [3.63, 3.8) is 0 Å². The van der Waals surface area contributed by atoms with E-state index >= 15 is 0 Å². The first-order chi connectivity index (χ1) is 15.9. The lowest BCUT2D eigenvalue weighted by Crippen LogP contribution is -2.44. The fourth-order valence-electron chi connectivity index (χ4n) is 4.18. The van der Waals surface area contributed by atoms with E-state index in [1.54, 1.807) is 30.3 Å². The molecular weight excluding hydrogens is 456 g/mol. The van der Waals surface area contributed by atoms with Crippen LogP contribution < -0.4 is 5.56 Å². The third-order valence-corrected chi connectivity index (χ3v) is 6.86. The molecule has 3 aromatic rings. The van der Waals surface area contributed by atoms with Crippen molar-refractivity contribution in [2.45, 2.75) is 25.8 Å². The van der Waals surface area contributed by atoms with E-state index in [9.17, 15) is 9.59 Å². The third kappa shape index (κ3) is 5.98. The van der Waals surface area contributed by atoms with Gasteiger partial charge in [-0.15, -0.1) is 0 Å². The van der Waals surface area contributed by atoms with Crippen molar-refractivity contribution < 1.29 is 4.79 Å². The van der Waals surface area contributed by atoms with Crippen LogP contribution in [0.4, 0.5) is 0 Å². The number of aromatic amines is 1. The highest BCUT2D eigenvalue weighted by molar-refractivity contribution is 7.71. The van der Waals surface area contributed by atoms with Gasteiger partial charge in [-0.3, -0.25) is 14.2 Å². The Labute approximate surface area is 203 Å². The molecule has 174 valence electrons. The number of unbranched alkanes of at least 4 members (excludes halogenated alkanes) is 1. The molecule has 33 heavy (non-hydrogen) atoms. The summed E-state index contributed by atoms with van der Waals surface area (Å²) in [7, 11) is 2.15. The molecular formula is C25H29ClN4O2S. The predicted octanol–water partition coefficient (Wildman–Crippen LogP) is 4.36. The molecule has 0 saturated carbocycles. The Hall–Kier alpha value is -2.32. The highest BCUT2D eigenvalue weighted by atomic mass is 35.5. The van der Waals surface area contributed by atoms with E-state index in [-0.39, 0.29) is 11.3 Å². The van der Waals surface area contributed by atoms with Crippen LogP contribution >= 0.6 is 23.8 Å². The molecule has 0 bridgehead atoms. The van der Waals surface area contributed by atoms with Crippen molar-refractivity contribution in [3.8, 4) is 0 Å². The summed E-state index contributed by atoms with van der Waals surface area (Å²) >= 11 is 11.4. The number of fused-ring (bicyclic) bond motifs is 1. The van der Waals surface area contributed by atoms with Gasteiger partial charge in [0.2, 0.25) is 0 Å². The number of H-pyrrole nitrogens is 1. The van der Waals surface area contributed by atoms with Crippen LogP contribution in [-0.2, 0) is 6.54 Å². The molecule has 0 unspecified atom stereocenters. The molecule has 0 radical (unpaired) electrons. The van der Waals surface area contributed by atoms with E-state index in [0.717, 1.165) is 51.1 Å². The van der Waals surface area contributed by atoms with Crippen LogP contribution in [-0.4, -0.2) is 64.9 Å². The van der Waals surface area contributed by atoms with Crippen LogP contribution in [0.15, 0.2) is 47.3 Å². The summed E-state index contributed by atoms with van der Waals surface area (Å²) in [5, 5.41) is 1.16. The van der Waals surface area contributed by atoms with E-state index in [2.05, 4.69) is 21.8 Å². The molecule has 1 fully saturated rings.